The maximum atomic E-state index is 14.3. The van der Waals surface area contributed by atoms with Gasteiger partial charge in [-0.05, 0) is 31.0 Å². The topological polar surface area (TPSA) is 56.5 Å². The van der Waals surface area contributed by atoms with Gasteiger partial charge in [0.2, 0.25) is 5.78 Å². The molecule has 1 aliphatic carbocycles. The lowest BCUT2D eigenvalue weighted by Crippen LogP contribution is -2.36. The number of rotatable bonds is 5. The van der Waals surface area contributed by atoms with Gasteiger partial charge >= 0.3 is 5.97 Å². The Morgan fingerprint density at radius 3 is 2.48 bits per heavy atom. The third-order valence-corrected chi connectivity index (χ3v) is 5.27. The number of furan rings is 1. The molecule has 5 heteroatoms. The molecule has 1 aliphatic rings. The van der Waals surface area contributed by atoms with Crippen LogP contribution in [-0.2, 0) is 14.9 Å². The summed E-state index contributed by atoms with van der Waals surface area (Å²) in [5.41, 5.74) is -0.0612. The lowest BCUT2D eigenvalue weighted by molar-refractivity contribution is -0.149. The number of carbonyl (C=O) groups excluding carboxylic acids is 2. The summed E-state index contributed by atoms with van der Waals surface area (Å²) in [6.07, 6.45) is 2.68. The number of benzene rings is 2. The zero-order chi connectivity index (χ0) is 18.9. The summed E-state index contributed by atoms with van der Waals surface area (Å²) in [7, 11) is 0. The minimum Gasteiger partial charge on any atom is -0.456 e. The highest BCUT2D eigenvalue weighted by atomic mass is 19.1. The van der Waals surface area contributed by atoms with Gasteiger partial charge in [-0.2, -0.15) is 0 Å². The summed E-state index contributed by atoms with van der Waals surface area (Å²) in [5, 5.41) is 0.811. The Morgan fingerprint density at radius 2 is 1.74 bits per heavy atom. The highest BCUT2D eigenvalue weighted by molar-refractivity contribution is 5.99. The molecule has 0 radical (unpaired) electrons. The van der Waals surface area contributed by atoms with Gasteiger partial charge in [-0.3, -0.25) is 9.59 Å². The van der Waals surface area contributed by atoms with Gasteiger partial charge in [0.15, 0.2) is 12.4 Å². The van der Waals surface area contributed by atoms with Crippen LogP contribution in [0.2, 0.25) is 0 Å². The number of halogens is 1. The van der Waals surface area contributed by atoms with Crippen LogP contribution in [0.1, 0.15) is 41.8 Å². The van der Waals surface area contributed by atoms with Gasteiger partial charge in [0.25, 0.3) is 0 Å². The Morgan fingerprint density at radius 1 is 1.04 bits per heavy atom. The van der Waals surface area contributed by atoms with E-state index in [0.29, 0.717) is 24.0 Å². The van der Waals surface area contributed by atoms with E-state index in [2.05, 4.69) is 0 Å². The minimum atomic E-state index is -1.01. The van der Waals surface area contributed by atoms with E-state index < -0.39 is 29.6 Å². The SMILES string of the molecule is O=C(COC(=O)C1(c2ccccc2F)CCCC1)c1cc2ccccc2o1. The predicted molar refractivity (Wildman–Crippen MR) is 98.0 cm³/mol. The Kier molecular flexibility index (Phi) is 4.52. The van der Waals surface area contributed by atoms with E-state index in [1.165, 1.54) is 6.07 Å². The number of hydrogen-bond donors (Lipinski definition) is 0. The Bertz CT molecular complexity index is 965. The zero-order valence-corrected chi connectivity index (χ0v) is 14.7. The molecule has 0 saturated heterocycles. The number of ketones is 1. The molecule has 2 aromatic carbocycles. The van der Waals surface area contributed by atoms with Crippen molar-refractivity contribution in [3.8, 4) is 0 Å². The summed E-state index contributed by atoms with van der Waals surface area (Å²) in [6, 6.07) is 15.2. The van der Waals surface area contributed by atoms with Crippen molar-refractivity contribution in [2.75, 3.05) is 6.61 Å². The van der Waals surface area contributed by atoms with Gasteiger partial charge < -0.3 is 9.15 Å². The first-order chi connectivity index (χ1) is 13.1. The van der Waals surface area contributed by atoms with Crippen molar-refractivity contribution in [2.45, 2.75) is 31.1 Å². The number of esters is 1. The molecule has 3 aromatic rings. The molecule has 0 atom stereocenters. The third kappa shape index (κ3) is 3.14. The zero-order valence-electron chi connectivity index (χ0n) is 14.7. The fourth-order valence-corrected chi connectivity index (χ4v) is 3.87. The smallest absolute Gasteiger partial charge is 0.317 e. The van der Waals surface area contributed by atoms with Gasteiger partial charge in [-0.1, -0.05) is 49.2 Å². The van der Waals surface area contributed by atoms with Crippen molar-refractivity contribution in [1.82, 2.24) is 0 Å². The molecule has 4 rings (SSSR count). The van der Waals surface area contributed by atoms with Crippen LogP contribution in [0.3, 0.4) is 0 Å². The van der Waals surface area contributed by atoms with Crippen LogP contribution in [0.4, 0.5) is 4.39 Å². The van der Waals surface area contributed by atoms with Crippen LogP contribution in [0.25, 0.3) is 11.0 Å². The van der Waals surface area contributed by atoms with Crippen molar-refractivity contribution in [3.63, 3.8) is 0 Å². The standard InChI is InChI=1S/C22H19FO4/c23-17-9-3-2-8-16(17)22(11-5-6-12-22)21(25)26-14-18(24)20-13-15-7-1-4-10-19(15)27-20/h1-4,7-10,13H,5-6,11-12,14H2. The largest absolute Gasteiger partial charge is 0.456 e. The van der Waals surface area contributed by atoms with Gasteiger partial charge in [0, 0.05) is 10.9 Å². The molecule has 1 fully saturated rings. The maximum absolute atomic E-state index is 14.3. The monoisotopic (exact) mass is 366 g/mol. The summed E-state index contributed by atoms with van der Waals surface area (Å²) in [4.78, 5) is 25.3. The van der Waals surface area contributed by atoms with E-state index in [4.69, 9.17) is 9.15 Å². The summed E-state index contributed by atoms with van der Waals surface area (Å²) < 4.78 is 25.2. The highest BCUT2D eigenvalue weighted by Crippen LogP contribution is 2.43. The number of hydrogen-bond acceptors (Lipinski definition) is 4. The molecule has 0 amide bonds. The van der Waals surface area contributed by atoms with Crippen LogP contribution >= 0.6 is 0 Å². The number of para-hydroxylation sites is 1. The molecule has 27 heavy (non-hydrogen) atoms. The molecule has 4 nitrogen and oxygen atoms in total. The maximum Gasteiger partial charge on any atom is 0.317 e. The Balaban J connectivity index is 1.52. The molecule has 0 aliphatic heterocycles. The molecular formula is C22H19FO4. The van der Waals surface area contributed by atoms with Crippen molar-refractivity contribution >= 4 is 22.7 Å². The average Bonchev–Trinajstić information content (AvgIpc) is 3.34. The quantitative estimate of drug-likeness (QED) is 0.480. The van der Waals surface area contributed by atoms with E-state index in [9.17, 15) is 14.0 Å². The Hall–Kier alpha value is -2.95. The van der Waals surface area contributed by atoms with Gasteiger partial charge in [-0.25, -0.2) is 4.39 Å². The first-order valence-electron chi connectivity index (χ1n) is 9.04. The first-order valence-corrected chi connectivity index (χ1v) is 9.04. The van der Waals surface area contributed by atoms with Gasteiger partial charge in [0.1, 0.15) is 11.4 Å². The number of Topliss-reactive ketones (excluding diaryl/α,β-unsaturated/α-hetero) is 1. The highest BCUT2D eigenvalue weighted by Gasteiger charge is 2.46. The summed E-state index contributed by atoms with van der Waals surface area (Å²) in [5.74, 6) is -1.23. The second-order valence-corrected chi connectivity index (χ2v) is 6.92. The van der Waals surface area contributed by atoms with Gasteiger partial charge in [0.05, 0.1) is 5.41 Å². The van der Waals surface area contributed by atoms with E-state index in [-0.39, 0.29) is 5.76 Å². The fourth-order valence-electron chi connectivity index (χ4n) is 3.87. The fraction of sp³-hybridized carbons (Fsp3) is 0.273. The predicted octanol–water partition coefficient (Wildman–Crippen LogP) is 4.81. The average molecular weight is 366 g/mol. The summed E-state index contributed by atoms with van der Waals surface area (Å²) in [6.45, 7) is -0.422. The van der Waals surface area contributed by atoms with Crippen molar-refractivity contribution < 1.29 is 23.1 Å². The third-order valence-electron chi connectivity index (χ3n) is 5.27. The van der Waals surface area contributed by atoms with Crippen molar-refractivity contribution in [3.05, 3.63) is 71.7 Å². The number of fused-ring (bicyclic) bond motifs is 1. The molecule has 0 spiro atoms. The van der Waals surface area contributed by atoms with E-state index in [1.54, 1.807) is 30.3 Å². The molecule has 0 N–H and O–H groups in total. The van der Waals surface area contributed by atoms with Crippen molar-refractivity contribution in [1.29, 1.82) is 0 Å². The second kappa shape index (κ2) is 6.99. The van der Waals surface area contributed by atoms with Crippen LogP contribution < -0.4 is 0 Å². The normalized spacial score (nSPS) is 15.7. The molecule has 0 bridgehead atoms. The lowest BCUT2D eigenvalue weighted by atomic mass is 9.78. The lowest BCUT2D eigenvalue weighted by Gasteiger charge is -2.27. The summed E-state index contributed by atoms with van der Waals surface area (Å²) >= 11 is 0. The van der Waals surface area contributed by atoms with E-state index in [0.717, 1.165) is 18.2 Å². The number of carbonyl (C=O) groups is 2. The molecule has 1 heterocycles. The van der Waals surface area contributed by atoms with Crippen LogP contribution in [0.15, 0.2) is 59.0 Å². The van der Waals surface area contributed by atoms with E-state index in [1.807, 2.05) is 18.2 Å². The van der Waals surface area contributed by atoms with Crippen LogP contribution in [0.5, 0.6) is 0 Å². The molecule has 1 aromatic heterocycles. The van der Waals surface area contributed by atoms with Crippen LogP contribution in [0, 0.1) is 5.82 Å². The molecular weight excluding hydrogens is 347 g/mol. The van der Waals surface area contributed by atoms with Gasteiger partial charge in [-0.15, -0.1) is 0 Å². The first kappa shape index (κ1) is 17.5. The molecule has 138 valence electrons. The van der Waals surface area contributed by atoms with E-state index >= 15 is 0 Å². The Labute approximate surface area is 155 Å². The minimum absolute atomic E-state index is 0.148. The van der Waals surface area contributed by atoms with Crippen molar-refractivity contribution in [2.24, 2.45) is 0 Å². The molecule has 0 unspecified atom stereocenters. The van der Waals surface area contributed by atoms with Crippen LogP contribution in [-0.4, -0.2) is 18.4 Å². The number of ether oxygens (including phenoxy) is 1. The molecule has 1 saturated carbocycles. The second-order valence-electron chi connectivity index (χ2n) is 6.92.